The van der Waals surface area contributed by atoms with Crippen LogP contribution in [0.15, 0.2) is 30.3 Å². The van der Waals surface area contributed by atoms with Crippen molar-refractivity contribution < 1.29 is 13.2 Å². The molecule has 1 aromatic heterocycles. The number of pyridine rings is 1. The standard InChI is InChI=1S/C12H8ClF3N2/c13-8-3-1-7(2-4-8)6-17-12-10(15)5-9(14)11(16)18-12/h1-5H,6H2,(H,17,18). The number of anilines is 1. The number of nitrogens with zero attached hydrogens (tertiary/aromatic N) is 1. The molecule has 2 rings (SSSR count). The van der Waals surface area contributed by atoms with Crippen LogP contribution in [0.2, 0.25) is 5.02 Å². The molecule has 0 atom stereocenters. The minimum absolute atomic E-state index is 0.228. The molecule has 1 heterocycles. The summed E-state index contributed by atoms with van der Waals surface area (Å²) in [6.07, 6.45) is 0. The zero-order chi connectivity index (χ0) is 13.1. The highest BCUT2D eigenvalue weighted by molar-refractivity contribution is 6.30. The van der Waals surface area contributed by atoms with E-state index in [0.29, 0.717) is 11.1 Å². The molecule has 0 aliphatic rings. The lowest BCUT2D eigenvalue weighted by Crippen LogP contribution is -2.06. The number of hydrogen-bond acceptors (Lipinski definition) is 2. The first-order valence-electron chi connectivity index (χ1n) is 5.06. The summed E-state index contributed by atoms with van der Waals surface area (Å²) in [6.45, 7) is 0.228. The predicted molar refractivity (Wildman–Crippen MR) is 62.9 cm³/mol. The van der Waals surface area contributed by atoms with Gasteiger partial charge in [0.15, 0.2) is 17.5 Å². The second kappa shape index (κ2) is 5.27. The van der Waals surface area contributed by atoms with E-state index in [1.807, 2.05) is 0 Å². The number of nitrogens with one attached hydrogen (secondary N) is 1. The molecular weight excluding hydrogens is 265 g/mol. The van der Waals surface area contributed by atoms with Crippen LogP contribution >= 0.6 is 11.6 Å². The number of rotatable bonds is 3. The van der Waals surface area contributed by atoms with Gasteiger partial charge in [-0.2, -0.15) is 9.37 Å². The Morgan fingerprint density at radius 1 is 1.06 bits per heavy atom. The molecule has 0 radical (unpaired) electrons. The van der Waals surface area contributed by atoms with Crippen molar-refractivity contribution in [2.24, 2.45) is 0 Å². The fourth-order valence-electron chi connectivity index (χ4n) is 1.36. The summed E-state index contributed by atoms with van der Waals surface area (Å²) in [7, 11) is 0. The summed E-state index contributed by atoms with van der Waals surface area (Å²) in [5, 5.41) is 3.16. The summed E-state index contributed by atoms with van der Waals surface area (Å²) in [6, 6.07) is 7.26. The van der Waals surface area contributed by atoms with Crippen molar-refractivity contribution in [3.63, 3.8) is 0 Å². The summed E-state index contributed by atoms with van der Waals surface area (Å²) in [5.41, 5.74) is 0.810. The fourth-order valence-corrected chi connectivity index (χ4v) is 1.48. The van der Waals surface area contributed by atoms with Crippen LogP contribution in [0.1, 0.15) is 5.56 Å². The van der Waals surface area contributed by atoms with Crippen LogP contribution < -0.4 is 5.32 Å². The van der Waals surface area contributed by atoms with Gasteiger partial charge in [-0.1, -0.05) is 23.7 Å². The van der Waals surface area contributed by atoms with Crippen LogP contribution in [0.3, 0.4) is 0 Å². The Kier molecular flexibility index (Phi) is 3.72. The molecule has 0 saturated carbocycles. The van der Waals surface area contributed by atoms with Gasteiger partial charge in [0.25, 0.3) is 5.95 Å². The van der Waals surface area contributed by atoms with Crippen molar-refractivity contribution in [3.8, 4) is 0 Å². The highest BCUT2D eigenvalue weighted by atomic mass is 35.5. The first-order valence-corrected chi connectivity index (χ1v) is 5.44. The van der Waals surface area contributed by atoms with Crippen LogP contribution in [0.5, 0.6) is 0 Å². The zero-order valence-corrected chi connectivity index (χ0v) is 9.81. The van der Waals surface area contributed by atoms with Gasteiger partial charge in [0.1, 0.15) is 0 Å². The minimum atomic E-state index is -1.34. The van der Waals surface area contributed by atoms with Crippen molar-refractivity contribution in [1.82, 2.24) is 4.98 Å². The third-order valence-corrected chi connectivity index (χ3v) is 2.51. The number of halogens is 4. The summed E-state index contributed by atoms with van der Waals surface area (Å²) >= 11 is 5.71. The van der Waals surface area contributed by atoms with Gasteiger partial charge in [0, 0.05) is 17.6 Å². The Morgan fingerprint density at radius 3 is 2.39 bits per heavy atom. The van der Waals surface area contributed by atoms with Crippen LogP contribution in [0.25, 0.3) is 0 Å². The predicted octanol–water partition coefficient (Wildman–Crippen LogP) is 3.76. The van der Waals surface area contributed by atoms with E-state index in [0.717, 1.165) is 5.56 Å². The Balaban J connectivity index is 2.10. The average molecular weight is 273 g/mol. The van der Waals surface area contributed by atoms with E-state index < -0.39 is 17.6 Å². The molecule has 0 fully saturated rings. The fraction of sp³-hybridized carbons (Fsp3) is 0.0833. The second-order valence-electron chi connectivity index (χ2n) is 3.57. The maximum Gasteiger partial charge on any atom is 0.251 e. The molecule has 0 unspecified atom stereocenters. The molecular formula is C12H8ClF3N2. The van der Waals surface area contributed by atoms with E-state index >= 15 is 0 Å². The first-order chi connectivity index (χ1) is 8.56. The molecule has 0 amide bonds. The highest BCUT2D eigenvalue weighted by Crippen LogP contribution is 2.16. The van der Waals surface area contributed by atoms with Crippen molar-refractivity contribution in [1.29, 1.82) is 0 Å². The van der Waals surface area contributed by atoms with Crippen molar-refractivity contribution >= 4 is 17.4 Å². The van der Waals surface area contributed by atoms with Gasteiger partial charge in [-0.15, -0.1) is 0 Å². The lowest BCUT2D eigenvalue weighted by molar-refractivity contribution is 0.466. The normalized spacial score (nSPS) is 10.4. The van der Waals surface area contributed by atoms with Gasteiger partial charge in [-0.25, -0.2) is 8.78 Å². The third kappa shape index (κ3) is 2.92. The van der Waals surface area contributed by atoms with Gasteiger partial charge in [0.05, 0.1) is 0 Å². The van der Waals surface area contributed by atoms with Crippen molar-refractivity contribution in [2.75, 3.05) is 5.32 Å². The van der Waals surface area contributed by atoms with Crippen LogP contribution in [0.4, 0.5) is 19.0 Å². The Hall–Kier alpha value is -1.75. The molecule has 18 heavy (non-hydrogen) atoms. The largest absolute Gasteiger partial charge is 0.363 e. The van der Waals surface area contributed by atoms with Gasteiger partial charge < -0.3 is 5.32 Å². The number of hydrogen-bond donors (Lipinski definition) is 1. The molecule has 0 spiro atoms. The van der Waals surface area contributed by atoms with E-state index in [1.165, 1.54) is 0 Å². The third-order valence-electron chi connectivity index (χ3n) is 2.26. The van der Waals surface area contributed by atoms with Crippen LogP contribution in [-0.2, 0) is 6.54 Å². The second-order valence-corrected chi connectivity index (χ2v) is 4.01. The van der Waals surface area contributed by atoms with Gasteiger partial charge in [0.2, 0.25) is 0 Å². The molecule has 6 heteroatoms. The Bertz CT molecular complexity index is 558. The summed E-state index contributed by atoms with van der Waals surface area (Å²) in [5.74, 6) is -3.92. The smallest absolute Gasteiger partial charge is 0.251 e. The summed E-state index contributed by atoms with van der Waals surface area (Å²) in [4.78, 5) is 3.15. The van der Waals surface area contributed by atoms with Crippen LogP contribution in [0, 0.1) is 17.6 Å². The molecule has 1 N–H and O–H groups in total. The topological polar surface area (TPSA) is 24.9 Å². The molecule has 2 aromatic rings. The van der Waals surface area contributed by atoms with Gasteiger partial charge >= 0.3 is 0 Å². The van der Waals surface area contributed by atoms with E-state index in [9.17, 15) is 13.2 Å². The number of benzene rings is 1. The van der Waals surface area contributed by atoms with Gasteiger partial charge in [-0.3, -0.25) is 0 Å². The Labute approximate surface area is 106 Å². The lowest BCUT2D eigenvalue weighted by Gasteiger charge is -2.07. The maximum atomic E-state index is 13.2. The minimum Gasteiger partial charge on any atom is -0.363 e. The lowest BCUT2D eigenvalue weighted by atomic mass is 10.2. The molecule has 2 nitrogen and oxygen atoms in total. The number of aromatic nitrogens is 1. The molecule has 0 bridgehead atoms. The van der Waals surface area contributed by atoms with E-state index in [-0.39, 0.29) is 12.4 Å². The quantitative estimate of drug-likeness (QED) is 0.861. The van der Waals surface area contributed by atoms with E-state index in [2.05, 4.69) is 10.3 Å². The average Bonchev–Trinajstić information content (AvgIpc) is 2.34. The molecule has 1 aromatic carbocycles. The van der Waals surface area contributed by atoms with Crippen molar-refractivity contribution in [2.45, 2.75) is 6.54 Å². The van der Waals surface area contributed by atoms with E-state index in [1.54, 1.807) is 24.3 Å². The molecule has 0 aliphatic heterocycles. The zero-order valence-electron chi connectivity index (χ0n) is 9.05. The highest BCUT2D eigenvalue weighted by Gasteiger charge is 2.11. The first kappa shape index (κ1) is 12.7. The monoisotopic (exact) mass is 272 g/mol. The van der Waals surface area contributed by atoms with Gasteiger partial charge in [-0.05, 0) is 17.7 Å². The molecule has 0 saturated heterocycles. The summed E-state index contributed by atoms with van der Waals surface area (Å²) < 4.78 is 38.7. The SMILES string of the molecule is Fc1cc(F)c(NCc2ccc(Cl)cc2)nc1F. The van der Waals surface area contributed by atoms with Crippen molar-refractivity contribution in [3.05, 3.63) is 58.5 Å². The Morgan fingerprint density at radius 2 is 1.72 bits per heavy atom. The molecule has 0 aliphatic carbocycles. The van der Waals surface area contributed by atoms with Crippen LogP contribution in [-0.4, -0.2) is 4.98 Å². The maximum absolute atomic E-state index is 13.2. The van der Waals surface area contributed by atoms with E-state index in [4.69, 9.17) is 11.6 Å². The molecule has 94 valence electrons.